The second kappa shape index (κ2) is 12.7. The molecule has 7 heteroatoms. The minimum absolute atomic E-state index is 0. The summed E-state index contributed by atoms with van der Waals surface area (Å²) in [4.78, 5) is 14.9. The topological polar surface area (TPSA) is 50.8 Å². The molecule has 1 aliphatic rings. The van der Waals surface area contributed by atoms with Crippen LogP contribution < -0.4 is 19.7 Å². The largest absolute Gasteiger partial charge is 0.495 e. The Bertz CT molecular complexity index is 1010. The number of piperazine rings is 1. The van der Waals surface area contributed by atoms with Gasteiger partial charge in [0.25, 0.3) is 0 Å². The molecular weight excluding hydrogens is 459 g/mol. The lowest BCUT2D eigenvalue weighted by Gasteiger charge is -2.35. The first-order chi connectivity index (χ1) is 15.4. The summed E-state index contributed by atoms with van der Waals surface area (Å²) in [6, 6.07) is 9.79. The number of carbonyl (C=O) groups is 1. The van der Waals surface area contributed by atoms with Crippen molar-refractivity contribution in [3.63, 3.8) is 0 Å². The molecule has 1 atom stereocenters. The van der Waals surface area contributed by atoms with Gasteiger partial charge in [-0.25, -0.2) is 0 Å². The number of rotatable bonds is 9. The lowest BCUT2D eigenvalue weighted by Crippen LogP contribution is -2.51. The van der Waals surface area contributed by atoms with Crippen molar-refractivity contribution in [2.75, 3.05) is 38.3 Å². The van der Waals surface area contributed by atoms with Crippen LogP contribution in [0.1, 0.15) is 23.1 Å². The zero-order chi connectivity index (χ0) is 23.1. The monoisotopic (exact) mass is 490 g/mol. The van der Waals surface area contributed by atoms with E-state index in [4.69, 9.17) is 21.1 Å². The molecule has 1 saturated heterocycles. The van der Waals surface area contributed by atoms with Crippen LogP contribution in [0.5, 0.6) is 11.5 Å². The van der Waals surface area contributed by atoms with Crippen LogP contribution in [-0.2, 0) is 4.79 Å². The third kappa shape index (κ3) is 7.00. The Balaban J connectivity index is 0.00000385. The van der Waals surface area contributed by atoms with E-state index < -0.39 is 0 Å². The van der Waals surface area contributed by atoms with Crippen molar-refractivity contribution in [1.29, 1.82) is 0 Å². The van der Waals surface area contributed by atoms with Crippen LogP contribution >= 0.6 is 24.0 Å². The Morgan fingerprint density at radius 1 is 1.24 bits per heavy atom. The van der Waals surface area contributed by atoms with Crippen LogP contribution in [0.3, 0.4) is 0 Å². The molecule has 0 amide bonds. The third-order valence-electron chi connectivity index (χ3n) is 5.79. The summed E-state index contributed by atoms with van der Waals surface area (Å²) < 4.78 is 11.0. The average Bonchev–Trinajstić information content (AvgIpc) is 2.80. The first kappa shape index (κ1) is 26.8. The van der Waals surface area contributed by atoms with Gasteiger partial charge in [0.2, 0.25) is 0 Å². The van der Waals surface area contributed by atoms with Crippen LogP contribution in [0.4, 0.5) is 5.69 Å². The summed E-state index contributed by atoms with van der Waals surface area (Å²) in [6.45, 7) is 10.7. The molecule has 2 aromatic carbocycles. The maximum atomic E-state index is 12.7. The fourth-order valence-electron chi connectivity index (χ4n) is 3.84. The van der Waals surface area contributed by atoms with E-state index in [-0.39, 0.29) is 24.2 Å². The molecule has 1 heterocycles. The van der Waals surface area contributed by atoms with Gasteiger partial charge in [-0.2, -0.15) is 0 Å². The normalized spacial score (nSPS) is 15.8. The van der Waals surface area contributed by atoms with Crippen LogP contribution in [0.15, 0.2) is 49.1 Å². The molecule has 2 aromatic rings. The molecule has 1 unspecified atom stereocenters. The van der Waals surface area contributed by atoms with Crippen molar-refractivity contribution in [3.8, 4) is 11.5 Å². The number of anilines is 1. The van der Waals surface area contributed by atoms with Gasteiger partial charge in [-0.15, -0.1) is 12.4 Å². The third-order valence-corrected chi connectivity index (χ3v) is 6.10. The maximum Gasteiger partial charge on any atom is 0.157 e. The van der Waals surface area contributed by atoms with Gasteiger partial charge in [0.1, 0.15) is 18.1 Å². The van der Waals surface area contributed by atoms with Crippen LogP contribution in [0.2, 0.25) is 5.02 Å². The lowest BCUT2D eigenvalue weighted by molar-refractivity contribution is -0.115. The van der Waals surface area contributed by atoms with Gasteiger partial charge in [0.05, 0.1) is 12.1 Å². The second-order valence-corrected chi connectivity index (χ2v) is 8.33. The molecule has 178 valence electrons. The number of hydrogen-bond acceptors (Lipinski definition) is 5. The van der Waals surface area contributed by atoms with Gasteiger partial charge in [-0.3, -0.25) is 4.79 Å². The van der Waals surface area contributed by atoms with Gasteiger partial charge in [-0.05, 0) is 54.8 Å². The highest BCUT2D eigenvalue weighted by Crippen LogP contribution is 2.30. The average molecular weight is 491 g/mol. The van der Waals surface area contributed by atoms with Crippen LogP contribution in [-0.4, -0.2) is 45.2 Å². The van der Waals surface area contributed by atoms with Gasteiger partial charge in [0.15, 0.2) is 5.78 Å². The zero-order valence-corrected chi connectivity index (χ0v) is 21.0. The summed E-state index contributed by atoms with van der Waals surface area (Å²) in [5.41, 5.74) is 4.25. The number of carbonyl (C=O) groups excluding carboxylic acids is 1. The molecule has 1 N–H and O–H groups in total. The maximum absolute atomic E-state index is 12.7. The van der Waals surface area contributed by atoms with Crippen molar-refractivity contribution in [2.45, 2.75) is 26.3 Å². The molecule has 0 radical (unpaired) electrons. The molecular formula is C26H32Cl2N2O3. The van der Waals surface area contributed by atoms with Crippen molar-refractivity contribution < 1.29 is 14.3 Å². The number of nitrogens with one attached hydrogen (secondary N) is 1. The Labute approximate surface area is 207 Å². The molecule has 3 rings (SSSR count). The number of allylic oxidation sites excluding steroid dienone is 1. The number of halogens is 2. The Morgan fingerprint density at radius 2 is 2.03 bits per heavy atom. The van der Waals surface area contributed by atoms with E-state index in [1.807, 2.05) is 50.3 Å². The van der Waals surface area contributed by atoms with E-state index in [0.717, 1.165) is 47.8 Å². The van der Waals surface area contributed by atoms with Gasteiger partial charge in [0, 0.05) is 43.9 Å². The molecule has 0 spiro atoms. The first-order valence-electron chi connectivity index (χ1n) is 10.8. The smallest absolute Gasteiger partial charge is 0.157 e. The first-order valence-corrected chi connectivity index (χ1v) is 11.2. The predicted molar refractivity (Wildman–Crippen MR) is 140 cm³/mol. The summed E-state index contributed by atoms with van der Waals surface area (Å²) >= 11 is 6.15. The van der Waals surface area contributed by atoms with Crippen molar-refractivity contribution >= 4 is 41.6 Å². The fraction of sp³-hybridized carbons (Fsp3) is 0.346. The highest BCUT2D eigenvalue weighted by molar-refractivity contribution is 6.32. The highest BCUT2D eigenvalue weighted by Gasteiger charge is 2.22. The molecule has 1 fully saturated rings. The van der Waals surface area contributed by atoms with E-state index >= 15 is 0 Å². The molecule has 0 bridgehead atoms. The number of ether oxygens (including phenoxy) is 2. The van der Waals surface area contributed by atoms with Crippen molar-refractivity contribution in [3.05, 3.63) is 70.8 Å². The quantitative estimate of drug-likeness (QED) is 0.376. The Kier molecular flexibility index (Phi) is 10.3. The van der Waals surface area contributed by atoms with E-state index in [0.29, 0.717) is 23.8 Å². The Hall–Kier alpha value is -2.47. The predicted octanol–water partition coefficient (Wildman–Crippen LogP) is 5.40. The molecule has 0 aromatic heterocycles. The summed E-state index contributed by atoms with van der Waals surface area (Å²) in [7, 11) is 1.61. The van der Waals surface area contributed by atoms with E-state index in [1.165, 1.54) is 0 Å². The van der Waals surface area contributed by atoms with Crippen molar-refractivity contribution in [1.82, 2.24) is 5.32 Å². The van der Waals surface area contributed by atoms with Gasteiger partial charge < -0.3 is 19.7 Å². The van der Waals surface area contributed by atoms with E-state index in [1.54, 1.807) is 19.3 Å². The standard InChI is InChI=1S/C26H31ClN2O3.ClH/c1-5-14-32-25-11-7-20(18(2)19(25)3)6-9-23(30)15-21-17-29(13-12-28-21)22-8-10-24(27)26(16-22)31-4;/h5-11,16,21,28H,1,12-15,17H2,2-4H3;1H. The minimum atomic E-state index is 0. The SMILES string of the molecule is C=CCOc1ccc(C=CC(=O)CC2CN(c3ccc(Cl)c(OC)c3)CCN2)c(C)c1C.Cl. The van der Waals surface area contributed by atoms with Crippen LogP contribution in [0.25, 0.3) is 6.08 Å². The fourth-order valence-corrected chi connectivity index (χ4v) is 4.03. The number of methoxy groups -OCH3 is 1. The summed E-state index contributed by atoms with van der Waals surface area (Å²) in [5, 5.41) is 4.05. The molecule has 0 saturated carbocycles. The highest BCUT2D eigenvalue weighted by atomic mass is 35.5. The van der Waals surface area contributed by atoms with Gasteiger partial charge >= 0.3 is 0 Å². The van der Waals surface area contributed by atoms with Crippen molar-refractivity contribution in [2.24, 2.45) is 0 Å². The Morgan fingerprint density at radius 3 is 2.76 bits per heavy atom. The summed E-state index contributed by atoms with van der Waals surface area (Å²) in [5.74, 6) is 1.60. The molecule has 5 nitrogen and oxygen atoms in total. The van der Waals surface area contributed by atoms with Crippen LogP contribution in [0, 0.1) is 13.8 Å². The number of benzene rings is 2. The molecule has 1 aliphatic heterocycles. The second-order valence-electron chi connectivity index (χ2n) is 7.92. The van der Waals surface area contributed by atoms with E-state index in [2.05, 4.69) is 16.8 Å². The molecule has 33 heavy (non-hydrogen) atoms. The minimum Gasteiger partial charge on any atom is -0.495 e. The number of ketones is 1. The lowest BCUT2D eigenvalue weighted by atomic mass is 10.0. The number of nitrogens with zero attached hydrogens (tertiary/aromatic N) is 1. The number of hydrogen-bond donors (Lipinski definition) is 1. The van der Waals surface area contributed by atoms with E-state index in [9.17, 15) is 4.79 Å². The summed E-state index contributed by atoms with van der Waals surface area (Å²) in [6.07, 6.45) is 5.74. The molecule has 0 aliphatic carbocycles. The zero-order valence-electron chi connectivity index (χ0n) is 19.4. The van der Waals surface area contributed by atoms with Gasteiger partial charge in [-0.1, -0.05) is 36.4 Å².